The van der Waals surface area contributed by atoms with Crippen molar-refractivity contribution in [3.05, 3.63) is 48.4 Å². The molecule has 0 aromatic carbocycles. The number of likely N-dealkylation sites (N-methyl/N-ethyl adjacent to an activating group) is 1. The zero-order chi connectivity index (χ0) is 21.5. The number of amides is 1. The molecule has 4 rings (SSSR count). The van der Waals surface area contributed by atoms with E-state index in [0.717, 1.165) is 45.0 Å². The molecule has 2 aliphatic rings. The average Bonchev–Trinajstić information content (AvgIpc) is 3.47. The van der Waals surface area contributed by atoms with Gasteiger partial charge in [-0.3, -0.25) is 14.6 Å². The van der Waals surface area contributed by atoms with Crippen LogP contribution in [0.25, 0.3) is 5.82 Å². The van der Waals surface area contributed by atoms with Gasteiger partial charge in [0.05, 0.1) is 0 Å². The molecule has 2 saturated heterocycles. The largest absolute Gasteiger partial charge is 0.355 e. The molecule has 1 atom stereocenters. The van der Waals surface area contributed by atoms with E-state index in [0.29, 0.717) is 18.4 Å². The molecule has 2 aromatic rings. The van der Waals surface area contributed by atoms with Crippen LogP contribution in [-0.2, 0) is 11.3 Å². The molecule has 6 heteroatoms. The standard InChI is InChI=1S/C25H37N5O/c1-2-29-15-5-7-22(29)19-27-25(31)11-10-21-12-17-28(18-13-21)20-23-8-6-16-30(23)24-9-3-4-14-26-24/h3-4,6,8-9,14,16,21-22H,2,5,7,10-13,15,17-20H2,1H3,(H,27,31)/t22-/m1/s1. The van der Waals surface area contributed by atoms with Crippen LogP contribution < -0.4 is 5.32 Å². The normalized spacial score (nSPS) is 20.9. The van der Waals surface area contributed by atoms with Crippen molar-refractivity contribution < 1.29 is 4.79 Å². The van der Waals surface area contributed by atoms with Crippen LogP contribution in [0.15, 0.2) is 42.7 Å². The highest BCUT2D eigenvalue weighted by Crippen LogP contribution is 2.24. The Bertz CT molecular complexity index is 812. The van der Waals surface area contributed by atoms with Crippen molar-refractivity contribution in [2.75, 3.05) is 32.7 Å². The summed E-state index contributed by atoms with van der Waals surface area (Å²) in [6.45, 7) is 8.46. The predicted molar refractivity (Wildman–Crippen MR) is 124 cm³/mol. The van der Waals surface area contributed by atoms with Crippen molar-refractivity contribution in [1.29, 1.82) is 0 Å². The number of rotatable bonds is 9. The third-order valence-corrected chi connectivity index (χ3v) is 7.04. The predicted octanol–water partition coefficient (Wildman–Crippen LogP) is 3.47. The summed E-state index contributed by atoms with van der Waals surface area (Å²) >= 11 is 0. The number of aromatic nitrogens is 2. The van der Waals surface area contributed by atoms with Gasteiger partial charge in [0, 0.05) is 43.6 Å². The van der Waals surface area contributed by atoms with Crippen LogP contribution in [0.2, 0.25) is 0 Å². The van der Waals surface area contributed by atoms with Crippen molar-refractivity contribution >= 4 is 5.91 Å². The summed E-state index contributed by atoms with van der Waals surface area (Å²) in [6.07, 6.45) is 10.5. The maximum Gasteiger partial charge on any atom is 0.220 e. The summed E-state index contributed by atoms with van der Waals surface area (Å²) in [5, 5.41) is 3.19. The number of carbonyl (C=O) groups is 1. The Morgan fingerprint density at radius 1 is 1.13 bits per heavy atom. The molecule has 1 amide bonds. The van der Waals surface area contributed by atoms with Crippen LogP contribution in [-0.4, -0.2) is 64.0 Å². The fraction of sp³-hybridized carbons (Fsp3) is 0.600. The Balaban J connectivity index is 1.16. The summed E-state index contributed by atoms with van der Waals surface area (Å²) in [5.41, 5.74) is 1.28. The summed E-state index contributed by atoms with van der Waals surface area (Å²) < 4.78 is 2.18. The Morgan fingerprint density at radius 2 is 2.00 bits per heavy atom. The number of likely N-dealkylation sites (tertiary alicyclic amines) is 2. The first-order valence-corrected chi connectivity index (χ1v) is 12.0. The second-order valence-corrected chi connectivity index (χ2v) is 9.04. The van der Waals surface area contributed by atoms with E-state index in [2.05, 4.69) is 49.9 Å². The molecule has 0 spiro atoms. The first kappa shape index (κ1) is 22.0. The van der Waals surface area contributed by atoms with E-state index >= 15 is 0 Å². The first-order valence-electron chi connectivity index (χ1n) is 12.0. The van der Waals surface area contributed by atoms with Gasteiger partial charge in [0.2, 0.25) is 5.91 Å². The van der Waals surface area contributed by atoms with E-state index in [1.807, 2.05) is 24.4 Å². The molecule has 1 N–H and O–H groups in total. The molecule has 0 aliphatic carbocycles. The van der Waals surface area contributed by atoms with Gasteiger partial charge in [-0.1, -0.05) is 13.0 Å². The number of hydrogen-bond acceptors (Lipinski definition) is 4. The minimum absolute atomic E-state index is 0.235. The molecule has 6 nitrogen and oxygen atoms in total. The highest BCUT2D eigenvalue weighted by molar-refractivity contribution is 5.75. The summed E-state index contributed by atoms with van der Waals surface area (Å²) in [7, 11) is 0. The van der Waals surface area contributed by atoms with E-state index in [1.54, 1.807) is 0 Å². The van der Waals surface area contributed by atoms with Crippen molar-refractivity contribution in [1.82, 2.24) is 24.7 Å². The van der Waals surface area contributed by atoms with Crippen molar-refractivity contribution in [3.63, 3.8) is 0 Å². The summed E-state index contributed by atoms with van der Waals surface area (Å²) in [4.78, 5) is 21.8. The molecular formula is C25H37N5O. The molecule has 0 bridgehead atoms. The Hall–Kier alpha value is -2.18. The van der Waals surface area contributed by atoms with Crippen LogP contribution in [0, 0.1) is 5.92 Å². The van der Waals surface area contributed by atoms with Crippen LogP contribution in [0.5, 0.6) is 0 Å². The van der Waals surface area contributed by atoms with Crippen LogP contribution in [0.1, 0.15) is 51.1 Å². The third kappa shape index (κ3) is 5.95. The number of piperidine rings is 1. The lowest BCUT2D eigenvalue weighted by Crippen LogP contribution is -2.40. The van der Waals surface area contributed by atoms with Gasteiger partial charge in [0.15, 0.2) is 0 Å². The zero-order valence-corrected chi connectivity index (χ0v) is 18.9. The number of carbonyl (C=O) groups excluding carboxylic acids is 1. The average molecular weight is 424 g/mol. The summed E-state index contributed by atoms with van der Waals surface area (Å²) in [6, 6.07) is 10.9. The van der Waals surface area contributed by atoms with Crippen molar-refractivity contribution in [2.45, 2.75) is 58.0 Å². The fourth-order valence-electron chi connectivity index (χ4n) is 5.13. The van der Waals surface area contributed by atoms with Gasteiger partial charge < -0.3 is 9.88 Å². The molecule has 2 aliphatic heterocycles. The monoisotopic (exact) mass is 423 g/mol. The first-order chi connectivity index (χ1) is 15.2. The van der Waals surface area contributed by atoms with Crippen LogP contribution >= 0.6 is 0 Å². The molecule has 0 unspecified atom stereocenters. The van der Waals surface area contributed by atoms with Gasteiger partial charge in [-0.2, -0.15) is 0 Å². The van der Waals surface area contributed by atoms with Crippen molar-refractivity contribution in [3.8, 4) is 5.82 Å². The molecule has 2 fully saturated rings. The van der Waals surface area contributed by atoms with Gasteiger partial charge in [-0.15, -0.1) is 0 Å². The van der Waals surface area contributed by atoms with Gasteiger partial charge >= 0.3 is 0 Å². The van der Waals surface area contributed by atoms with Gasteiger partial charge in [0.25, 0.3) is 0 Å². The maximum atomic E-state index is 12.3. The minimum Gasteiger partial charge on any atom is -0.355 e. The minimum atomic E-state index is 0.235. The molecule has 0 radical (unpaired) electrons. The number of nitrogens with zero attached hydrogens (tertiary/aromatic N) is 4. The van der Waals surface area contributed by atoms with Crippen LogP contribution in [0.4, 0.5) is 0 Å². The molecule has 168 valence electrons. The third-order valence-electron chi connectivity index (χ3n) is 7.04. The lowest BCUT2D eigenvalue weighted by Gasteiger charge is -2.32. The number of pyridine rings is 1. The van der Waals surface area contributed by atoms with E-state index < -0.39 is 0 Å². The lowest BCUT2D eigenvalue weighted by atomic mass is 9.92. The highest BCUT2D eigenvalue weighted by Gasteiger charge is 2.24. The molecule has 31 heavy (non-hydrogen) atoms. The van der Waals surface area contributed by atoms with Crippen LogP contribution in [0.3, 0.4) is 0 Å². The molecule has 0 saturated carbocycles. The van der Waals surface area contributed by atoms with E-state index in [-0.39, 0.29) is 5.91 Å². The molecule has 4 heterocycles. The highest BCUT2D eigenvalue weighted by atomic mass is 16.1. The number of hydrogen-bond donors (Lipinski definition) is 1. The van der Waals surface area contributed by atoms with E-state index in [4.69, 9.17) is 0 Å². The topological polar surface area (TPSA) is 53.4 Å². The number of nitrogens with one attached hydrogen (secondary N) is 1. The zero-order valence-electron chi connectivity index (χ0n) is 18.9. The SMILES string of the molecule is CCN1CCC[C@@H]1CNC(=O)CCC1CCN(Cc2cccn2-c2ccccn2)CC1. The second-order valence-electron chi connectivity index (χ2n) is 9.04. The van der Waals surface area contributed by atoms with Gasteiger partial charge in [-0.25, -0.2) is 4.98 Å². The Labute approximate surface area is 186 Å². The van der Waals surface area contributed by atoms with Gasteiger partial charge in [-0.05, 0) is 88.5 Å². The molecular weight excluding hydrogens is 386 g/mol. The Kier molecular flexibility index (Phi) is 7.76. The fourth-order valence-corrected chi connectivity index (χ4v) is 5.13. The maximum absolute atomic E-state index is 12.3. The smallest absolute Gasteiger partial charge is 0.220 e. The lowest BCUT2D eigenvalue weighted by molar-refractivity contribution is -0.121. The van der Waals surface area contributed by atoms with Crippen molar-refractivity contribution in [2.24, 2.45) is 5.92 Å². The Morgan fingerprint density at radius 3 is 2.77 bits per heavy atom. The second kappa shape index (κ2) is 10.9. The van der Waals surface area contributed by atoms with E-state index in [1.165, 1.54) is 37.9 Å². The van der Waals surface area contributed by atoms with Gasteiger partial charge in [0.1, 0.15) is 5.82 Å². The quantitative estimate of drug-likeness (QED) is 0.671. The summed E-state index contributed by atoms with van der Waals surface area (Å²) in [5.74, 6) is 1.88. The molecule has 2 aromatic heterocycles. The van der Waals surface area contributed by atoms with E-state index in [9.17, 15) is 4.79 Å².